The second kappa shape index (κ2) is 5.30. The van der Waals surface area contributed by atoms with E-state index in [0.29, 0.717) is 6.04 Å². The van der Waals surface area contributed by atoms with Crippen LogP contribution in [0.25, 0.3) is 0 Å². The van der Waals surface area contributed by atoms with Gasteiger partial charge in [-0.15, -0.1) is 21.5 Å². The van der Waals surface area contributed by atoms with Crippen molar-refractivity contribution in [3.8, 4) is 0 Å². The molecular weight excluding hydrogens is 270 g/mol. The maximum Gasteiger partial charge on any atom is 0.230 e. The minimum atomic E-state index is -0.0799. The summed E-state index contributed by atoms with van der Waals surface area (Å²) >= 11 is 1.84. The standard InChI is InChI=1S/C15H21N3OS/c1-15(2,3)14-17-16-13(19-14)10-18-8-4-6-11(18)12-7-5-9-20-12/h5,7,9,11H,4,6,8,10H2,1-3H3. The molecule has 0 saturated carbocycles. The molecule has 0 radical (unpaired) electrons. The Morgan fingerprint density at radius 2 is 2.25 bits per heavy atom. The van der Waals surface area contributed by atoms with Crippen molar-refractivity contribution in [3.05, 3.63) is 34.2 Å². The van der Waals surface area contributed by atoms with Gasteiger partial charge >= 0.3 is 0 Å². The largest absolute Gasteiger partial charge is 0.423 e. The summed E-state index contributed by atoms with van der Waals surface area (Å²) in [5.74, 6) is 1.46. The van der Waals surface area contributed by atoms with E-state index in [1.807, 2.05) is 11.3 Å². The molecule has 0 aromatic carbocycles. The van der Waals surface area contributed by atoms with E-state index < -0.39 is 0 Å². The van der Waals surface area contributed by atoms with Crippen LogP contribution in [0.5, 0.6) is 0 Å². The van der Waals surface area contributed by atoms with E-state index in [9.17, 15) is 0 Å². The third-order valence-corrected chi connectivity index (χ3v) is 4.66. The van der Waals surface area contributed by atoms with E-state index >= 15 is 0 Å². The van der Waals surface area contributed by atoms with E-state index in [4.69, 9.17) is 4.42 Å². The molecule has 3 rings (SSSR count). The Labute approximate surface area is 123 Å². The van der Waals surface area contributed by atoms with Gasteiger partial charge in [0.2, 0.25) is 11.8 Å². The molecule has 2 aromatic rings. The Morgan fingerprint density at radius 3 is 2.90 bits per heavy atom. The van der Waals surface area contributed by atoms with Crippen molar-refractivity contribution in [3.63, 3.8) is 0 Å². The third-order valence-electron chi connectivity index (χ3n) is 3.68. The first kappa shape index (κ1) is 13.8. The molecule has 1 unspecified atom stereocenters. The molecule has 1 aliphatic heterocycles. The molecule has 1 fully saturated rings. The number of rotatable bonds is 3. The summed E-state index contributed by atoms with van der Waals surface area (Å²) in [6.45, 7) is 8.14. The van der Waals surface area contributed by atoms with Crippen LogP contribution in [-0.4, -0.2) is 21.6 Å². The van der Waals surface area contributed by atoms with Gasteiger partial charge in [-0.25, -0.2) is 0 Å². The van der Waals surface area contributed by atoms with Crippen molar-refractivity contribution in [1.82, 2.24) is 15.1 Å². The SMILES string of the molecule is CC(C)(C)c1nnc(CN2CCCC2c2cccs2)o1. The Morgan fingerprint density at radius 1 is 1.40 bits per heavy atom. The van der Waals surface area contributed by atoms with Crippen molar-refractivity contribution < 1.29 is 4.42 Å². The molecule has 2 aromatic heterocycles. The van der Waals surface area contributed by atoms with Crippen LogP contribution in [-0.2, 0) is 12.0 Å². The molecule has 0 amide bonds. The van der Waals surface area contributed by atoms with Crippen molar-refractivity contribution in [2.24, 2.45) is 0 Å². The van der Waals surface area contributed by atoms with Gasteiger partial charge in [0.1, 0.15) is 0 Å². The van der Waals surface area contributed by atoms with E-state index in [1.54, 1.807) is 0 Å². The summed E-state index contributed by atoms with van der Waals surface area (Å²) < 4.78 is 5.82. The number of nitrogens with zero attached hydrogens (tertiary/aromatic N) is 3. The molecule has 3 heterocycles. The van der Waals surface area contributed by atoms with Gasteiger partial charge in [0.25, 0.3) is 0 Å². The van der Waals surface area contributed by atoms with Gasteiger partial charge in [-0.3, -0.25) is 4.90 Å². The van der Waals surface area contributed by atoms with Crippen LogP contribution in [0, 0.1) is 0 Å². The van der Waals surface area contributed by atoms with Crippen LogP contribution < -0.4 is 0 Å². The smallest absolute Gasteiger partial charge is 0.230 e. The Hall–Kier alpha value is -1.20. The van der Waals surface area contributed by atoms with Crippen LogP contribution in [0.4, 0.5) is 0 Å². The van der Waals surface area contributed by atoms with Crippen molar-refractivity contribution >= 4 is 11.3 Å². The first-order chi connectivity index (χ1) is 9.54. The van der Waals surface area contributed by atoms with Crippen LogP contribution in [0.3, 0.4) is 0 Å². The average Bonchev–Trinajstić information content (AvgIpc) is 3.08. The summed E-state index contributed by atoms with van der Waals surface area (Å²) in [4.78, 5) is 3.89. The van der Waals surface area contributed by atoms with Gasteiger partial charge in [0.05, 0.1) is 6.54 Å². The Bertz CT molecular complexity index is 556. The highest BCUT2D eigenvalue weighted by atomic mass is 32.1. The van der Waals surface area contributed by atoms with Crippen LogP contribution in [0.15, 0.2) is 21.9 Å². The fraction of sp³-hybridized carbons (Fsp3) is 0.600. The highest BCUT2D eigenvalue weighted by molar-refractivity contribution is 7.10. The number of likely N-dealkylation sites (tertiary alicyclic amines) is 1. The zero-order chi connectivity index (χ0) is 14.2. The van der Waals surface area contributed by atoms with Crippen molar-refractivity contribution in [2.75, 3.05) is 6.54 Å². The maximum absolute atomic E-state index is 5.82. The van der Waals surface area contributed by atoms with Crippen molar-refractivity contribution in [2.45, 2.75) is 51.6 Å². The maximum atomic E-state index is 5.82. The zero-order valence-corrected chi connectivity index (χ0v) is 13.1. The molecule has 20 heavy (non-hydrogen) atoms. The van der Waals surface area contributed by atoms with Crippen molar-refractivity contribution in [1.29, 1.82) is 0 Å². The normalized spacial score (nSPS) is 20.6. The second-order valence-corrected chi connectivity index (χ2v) is 7.37. The van der Waals surface area contributed by atoms with E-state index in [0.717, 1.165) is 24.9 Å². The van der Waals surface area contributed by atoms with Gasteiger partial charge in [-0.2, -0.15) is 0 Å². The Balaban J connectivity index is 1.72. The van der Waals surface area contributed by atoms with E-state index in [-0.39, 0.29) is 5.41 Å². The Kier molecular flexibility index (Phi) is 3.65. The van der Waals surface area contributed by atoms with E-state index in [2.05, 4.69) is 53.4 Å². The lowest BCUT2D eigenvalue weighted by atomic mass is 9.97. The minimum absolute atomic E-state index is 0.0799. The summed E-state index contributed by atoms with van der Waals surface area (Å²) in [6, 6.07) is 4.86. The zero-order valence-electron chi connectivity index (χ0n) is 12.3. The third kappa shape index (κ3) is 2.79. The topological polar surface area (TPSA) is 42.2 Å². The molecule has 1 saturated heterocycles. The summed E-state index contributed by atoms with van der Waals surface area (Å²) in [5.41, 5.74) is -0.0799. The number of hydrogen-bond donors (Lipinski definition) is 0. The predicted octanol–water partition coefficient (Wildman–Crippen LogP) is 3.77. The fourth-order valence-corrected chi connectivity index (χ4v) is 3.51. The fourth-order valence-electron chi connectivity index (χ4n) is 2.61. The van der Waals surface area contributed by atoms with Gasteiger partial charge in [-0.05, 0) is 30.8 Å². The molecule has 108 valence electrons. The lowest BCUT2D eigenvalue weighted by Gasteiger charge is -2.21. The molecule has 5 heteroatoms. The second-order valence-electron chi connectivity index (χ2n) is 6.39. The first-order valence-electron chi connectivity index (χ1n) is 7.14. The highest BCUT2D eigenvalue weighted by Gasteiger charge is 2.29. The summed E-state index contributed by atoms with van der Waals surface area (Å²) in [7, 11) is 0. The molecule has 0 bridgehead atoms. The minimum Gasteiger partial charge on any atom is -0.423 e. The molecule has 4 nitrogen and oxygen atoms in total. The predicted molar refractivity (Wildman–Crippen MR) is 79.7 cm³/mol. The van der Waals surface area contributed by atoms with Gasteiger partial charge in [-0.1, -0.05) is 26.8 Å². The molecular formula is C15H21N3OS. The molecule has 1 atom stereocenters. The van der Waals surface area contributed by atoms with Gasteiger partial charge in [0.15, 0.2) is 0 Å². The number of thiophene rings is 1. The quantitative estimate of drug-likeness (QED) is 0.863. The molecule has 0 N–H and O–H groups in total. The molecule has 0 spiro atoms. The summed E-state index contributed by atoms with van der Waals surface area (Å²) in [6.07, 6.45) is 2.46. The van der Waals surface area contributed by atoms with Gasteiger partial charge in [0, 0.05) is 16.3 Å². The average molecular weight is 291 g/mol. The lowest BCUT2D eigenvalue weighted by molar-refractivity contribution is 0.220. The number of hydrogen-bond acceptors (Lipinski definition) is 5. The summed E-state index contributed by atoms with van der Waals surface area (Å²) in [5, 5.41) is 10.5. The molecule has 1 aliphatic rings. The van der Waals surface area contributed by atoms with Crippen LogP contribution >= 0.6 is 11.3 Å². The van der Waals surface area contributed by atoms with Gasteiger partial charge < -0.3 is 4.42 Å². The van der Waals surface area contributed by atoms with Crippen LogP contribution in [0.2, 0.25) is 0 Å². The number of aromatic nitrogens is 2. The lowest BCUT2D eigenvalue weighted by Crippen LogP contribution is -2.22. The first-order valence-corrected chi connectivity index (χ1v) is 8.02. The van der Waals surface area contributed by atoms with Crippen LogP contribution in [0.1, 0.15) is 56.3 Å². The monoisotopic (exact) mass is 291 g/mol. The highest BCUT2D eigenvalue weighted by Crippen LogP contribution is 2.35. The molecule has 0 aliphatic carbocycles. The van der Waals surface area contributed by atoms with E-state index in [1.165, 1.54) is 17.7 Å².